The molecule has 3 rings (SSSR count). The molecule has 0 N–H and O–H groups in total. The molecule has 0 aliphatic carbocycles. The summed E-state index contributed by atoms with van der Waals surface area (Å²) in [6, 6.07) is 10.3. The maximum absolute atomic E-state index is 12.7. The predicted octanol–water partition coefficient (Wildman–Crippen LogP) is 2.27. The number of amides is 2. The number of benzene rings is 1. The first-order valence-corrected chi connectivity index (χ1v) is 9.42. The van der Waals surface area contributed by atoms with Crippen molar-refractivity contribution >= 4 is 11.8 Å². The second-order valence-electron chi connectivity index (χ2n) is 7.31. The number of ketones is 1. The van der Waals surface area contributed by atoms with Gasteiger partial charge < -0.3 is 14.7 Å². The van der Waals surface area contributed by atoms with Crippen LogP contribution < -0.4 is 0 Å². The van der Waals surface area contributed by atoms with Crippen LogP contribution in [0.5, 0.6) is 0 Å². The molecule has 1 aromatic rings. The highest BCUT2D eigenvalue weighted by molar-refractivity contribution is 5.83. The zero-order chi connectivity index (χ0) is 17.6. The van der Waals surface area contributed by atoms with Gasteiger partial charge in [0.2, 0.25) is 0 Å². The highest BCUT2D eigenvalue weighted by atomic mass is 16.2. The van der Waals surface area contributed by atoms with Crippen LogP contribution in [0.1, 0.15) is 24.8 Å². The number of rotatable bonds is 4. The van der Waals surface area contributed by atoms with E-state index in [-0.39, 0.29) is 11.9 Å². The number of carbonyl (C=O) groups excluding carboxylic acids is 2. The van der Waals surface area contributed by atoms with E-state index in [1.54, 1.807) is 0 Å². The summed E-state index contributed by atoms with van der Waals surface area (Å²) in [7, 11) is 2.09. The lowest BCUT2D eigenvalue weighted by Gasteiger charge is -2.39. The minimum absolute atomic E-state index is 0.00822. The van der Waals surface area contributed by atoms with E-state index in [1.807, 2.05) is 28.0 Å². The first kappa shape index (κ1) is 17.9. The molecule has 0 spiro atoms. The Labute approximate surface area is 150 Å². The molecule has 136 valence electrons. The Morgan fingerprint density at radius 2 is 1.72 bits per heavy atom. The van der Waals surface area contributed by atoms with Gasteiger partial charge in [0.1, 0.15) is 5.78 Å². The number of Topliss-reactive ketones (excluding diaryl/α,β-unsaturated/α-hetero) is 1. The molecular formula is C20H29N3O2. The molecule has 2 aliphatic rings. The third kappa shape index (κ3) is 4.82. The molecule has 5 nitrogen and oxygen atoms in total. The van der Waals surface area contributed by atoms with Crippen molar-refractivity contribution < 1.29 is 9.59 Å². The van der Waals surface area contributed by atoms with Gasteiger partial charge in [-0.3, -0.25) is 4.79 Å². The Bertz CT molecular complexity index is 582. The first-order chi connectivity index (χ1) is 12.1. The van der Waals surface area contributed by atoms with Crippen molar-refractivity contribution in [2.75, 3.05) is 46.3 Å². The van der Waals surface area contributed by atoms with Crippen molar-refractivity contribution in [2.45, 2.75) is 25.7 Å². The van der Waals surface area contributed by atoms with Crippen LogP contribution in [-0.4, -0.2) is 72.8 Å². The van der Waals surface area contributed by atoms with Gasteiger partial charge in [-0.2, -0.15) is 0 Å². The van der Waals surface area contributed by atoms with Gasteiger partial charge in [0.15, 0.2) is 0 Å². The summed E-state index contributed by atoms with van der Waals surface area (Å²) in [4.78, 5) is 31.4. The Hall–Kier alpha value is -1.88. The molecule has 0 saturated carbocycles. The van der Waals surface area contributed by atoms with Crippen LogP contribution in [0.25, 0.3) is 0 Å². The lowest BCUT2D eigenvalue weighted by molar-refractivity contribution is -0.124. The van der Waals surface area contributed by atoms with Crippen molar-refractivity contribution in [1.82, 2.24) is 14.7 Å². The van der Waals surface area contributed by atoms with Crippen LogP contribution in [-0.2, 0) is 11.2 Å². The average molecular weight is 343 g/mol. The number of piperazine rings is 1. The summed E-state index contributed by atoms with van der Waals surface area (Å²) in [5.74, 6) is 0.314. The maximum Gasteiger partial charge on any atom is 0.320 e. The Kier molecular flexibility index (Phi) is 6.08. The molecule has 2 fully saturated rings. The predicted molar refractivity (Wildman–Crippen MR) is 98.5 cm³/mol. The number of likely N-dealkylation sites (N-methyl/N-ethyl adjacent to an activating group) is 1. The third-order valence-electron chi connectivity index (χ3n) is 5.42. The van der Waals surface area contributed by atoms with Gasteiger partial charge in [0, 0.05) is 51.6 Å². The van der Waals surface area contributed by atoms with Crippen molar-refractivity contribution in [3.8, 4) is 0 Å². The molecule has 1 atom stereocenters. The summed E-state index contributed by atoms with van der Waals surface area (Å²) in [6.45, 7) is 4.82. The van der Waals surface area contributed by atoms with E-state index in [4.69, 9.17) is 0 Å². The molecule has 0 aromatic heterocycles. The molecule has 2 amide bonds. The van der Waals surface area contributed by atoms with E-state index in [2.05, 4.69) is 24.1 Å². The smallest absolute Gasteiger partial charge is 0.320 e. The number of hydrogen-bond donors (Lipinski definition) is 0. The van der Waals surface area contributed by atoms with E-state index >= 15 is 0 Å². The number of nitrogens with zero attached hydrogens (tertiary/aromatic N) is 3. The number of aryl methyl sites for hydroxylation is 1. The third-order valence-corrected chi connectivity index (χ3v) is 5.42. The number of piperidine rings is 1. The van der Waals surface area contributed by atoms with Gasteiger partial charge >= 0.3 is 6.03 Å². The minimum Gasteiger partial charge on any atom is -0.324 e. The van der Waals surface area contributed by atoms with Crippen molar-refractivity contribution in [2.24, 2.45) is 5.92 Å². The molecule has 2 saturated heterocycles. The fraction of sp³-hybridized carbons (Fsp3) is 0.600. The number of likely N-dealkylation sites (tertiary alicyclic amines) is 1. The van der Waals surface area contributed by atoms with E-state index in [0.29, 0.717) is 18.7 Å². The fourth-order valence-corrected chi connectivity index (χ4v) is 3.73. The first-order valence-electron chi connectivity index (χ1n) is 9.42. The van der Waals surface area contributed by atoms with Crippen LogP contribution in [0, 0.1) is 5.92 Å². The van der Waals surface area contributed by atoms with Crippen molar-refractivity contribution in [3.05, 3.63) is 35.9 Å². The quantitative estimate of drug-likeness (QED) is 0.842. The van der Waals surface area contributed by atoms with Crippen LogP contribution >= 0.6 is 0 Å². The van der Waals surface area contributed by atoms with Gasteiger partial charge in [-0.25, -0.2) is 4.79 Å². The van der Waals surface area contributed by atoms with E-state index in [1.165, 1.54) is 5.56 Å². The van der Waals surface area contributed by atoms with Crippen LogP contribution in [0.2, 0.25) is 0 Å². The fourth-order valence-electron chi connectivity index (χ4n) is 3.73. The van der Waals surface area contributed by atoms with E-state index in [9.17, 15) is 9.59 Å². The Morgan fingerprint density at radius 1 is 1.00 bits per heavy atom. The Balaban J connectivity index is 1.50. The molecule has 25 heavy (non-hydrogen) atoms. The molecular weight excluding hydrogens is 314 g/mol. The molecule has 0 bridgehead atoms. The zero-order valence-electron chi connectivity index (χ0n) is 15.2. The lowest BCUT2D eigenvalue weighted by atomic mass is 9.90. The van der Waals surface area contributed by atoms with Gasteiger partial charge in [-0.15, -0.1) is 0 Å². The molecule has 0 radical (unpaired) electrons. The topological polar surface area (TPSA) is 43.9 Å². The van der Waals surface area contributed by atoms with Crippen LogP contribution in [0.4, 0.5) is 4.79 Å². The standard InChI is InChI=1S/C20H29N3O2/c1-21-12-14-22(15-13-21)20(25)23-11-5-8-18(16-23)19(24)10-9-17-6-3-2-4-7-17/h2-4,6-7,18H,5,8-16H2,1H3/t18-/m0/s1. The number of carbonyl (C=O) groups is 2. The average Bonchev–Trinajstić information content (AvgIpc) is 2.67. The van der Waals surface area contributed by atoms with Gasteiger partial charge in [0.05, 0.1) is 0 Å². The molecule has 1 aromatic carbocycles. The normalized spacial score (nSPS) is 22.0. The Morgan fingerprint density at radius 3 is 2.44 bits per heavy atom. The van der Waals surface area contributed by atoms with E-state index in [0.717, 1.165) is 52.0 Å². The zero-order valence-corrected chi connectivity index (χ0v) is 15.2. The van der Waals surface area contributed by atoms with E-state index < -0.39 is 0 Å². The summed E-state index contributed by atoms with van der Waals surface area (Å²) >= 11 is 0. The lowest BCUT2D eigenvalue weighted by Crippen LogP contribution is -2.54. The van der Waals surface area contributed by atoms with Gasteiger partial charge in [0.25, 0.3) is 0 Å². The highest BCUT2D eigenvalue weighted by Gasteiger charge is 2.31. The van der Waals surface area contributed by atoms with Gasteiger partial charge in [-0.1, -0.05) is 30.3 Å². The second-order valence-corrected chi connectivity index (χ2v) is 7.31. The summed E-state index contributed by atoms with van der Waals surface area (Å²) < 4.78 is 0. The highest BCUT2D eigenvalue weighted by Crippen LogP contribution is 2.21. The summed E-state index contributed by atoms with van der Waals surface area (Å²) in [5, 5.41) is 0. The number of hydrogen-bond acceptors (Lipinski definition) is 3. The minimum atomic E-state index is 0.00822. The SMILES string of the molecule is CN1CCN(C(=O)N2CCC[C@H](C(=O)CCc3ccccc3)C2)CC1. The largest absolute Gasteiger partial charge is 0.324 e. The second kappa shape index (κ2) is 8.48. The number of urea groups is 1. The molecule has 2 aliphatic heterocycles. The van der Waals surface area contributed by atoms with Crippen LogP contribution in [0.15, 0.2) is 30.3 Å². The van der Waals surface area contributed by atoms with Crippen LogP contribution in [0.3, 0.4) is 0 Å². The van der Waals surface area contributed by atoms with Crippen molar-refractivity contribution in [1.29, 1.82) is 0 Å². The van der Waals surface area contributed by atoms with Gasteiger partial charge in [-0.05, 0) is 31.9 Å². The van der Waals surface area contributed by atoms with Crippen molar-refractivity contribution in [3.63, 3.8) is 0 Å². The molecule has 2 heterocycles. The monoisotopic (exact) mass is 343 g/mol. The maximum atomic E-state index is 12.7. The summed E-state index contributed by atoms with van der Waals surface area (Å²) in [6.07, 6.45) is 3.22. The summed E-state index contributed by atoms with van der Waals surface area (Å²) in [5.41, 5.74) is 1.21. The molecule has 5 heteroatoms. The molecule has 0 unspecified atom stereocenters.